The Hall–Kier alpha value is -8.33. The lowest BCUT2D eigenvalue weighted by atomic mass is 9.70. The first kappa shape index (κ1) is 35.2. The van der Waals surface area contributed by atoms with E-state index in [1.165, 1.54) is 89.0 Å². The molecule has 0 unspecified atom stereocenters. The summed E-state index contributed by atoms with van der Waals surface area (Å²) in [6.45, 7) is 0. The molecule has 65 heavy (non-hydrogen) atoms. The molecule has 0 saturated heterocycles. The molecule has 1 aromatic heterocycles. The summed E-state index contributed by atoms with van der Waals surface area (Å²) in [5.41, 5.74) is 24.9. The van der Waals surface area contributed by atoms with E-state index in [4.69, 9.17) is 4.42 Å². The SMILES string of the molecule is O=c1c2cc(-c3ccc4c(c3)C3(c5ccccc5-c5ccccc53)c3ccccc3-4)ccc2oc2ccc(-c3ccc4c(c3)C3(c5ccccc5-c5ccccc53)c3ccccc3-4)cc12. The first-order valence-corrected chi connectivity index (χ1v) is 22.5. The van der Waals surface area contributed by atoms with Crippen LogP contribution in [0, 0.1) is 0 Å². The molecule has 0 radical (unpaired) electrons. The fourth-order valence-electron chi connectivity index (χ4n) is 12.8. The molecule has 0 fully saturated rings. The maximum absolute atomic E-state index is 14.8. The highest BCUT2D eigenvalue weighted by Gasteiger charge is 2.53. The second-order valence-corrected chi connectivity index (χ2v) is 18.1. The summed E-state index contributed by atoms with van der Waals surface area (Å²) in [5.74, 6) is 0. The van der Waals surface area contributed by atoms with E-state index in [9.17, 15) is 4.79 Å². The van der Waals surface area contributed by atoms with Gasteiger partial charge in [-0.2, -0.15) is 0 Å². The van der Waals surface area contributed by atoms with Gasteiger partial charge in [-0.1, -0.05) is 182 Å². The Morgan fingerprint density at radius 2 is 0.523 bits per heavy atom. The smallest absolute Gasteiger partial charge is 0.200 e. The van der Waals surface area contributed by atoms with Crippen LogP contribution in [-0.4, -0.2) is 0 Å². The van der Waals surface area contributed by atoms with Gasteiger partial charge < -0.3 is 4.42 Å². The van der Waals surface area contributed by atoms with Gasteiger partial charge in [-0.25, -0.2) is 0 Å². The largest absolute Gasteiger partial charge is 0.456 e. The van der Waals surface area contributed by atoms with Crippen LogP contribution in [0.3, 0.4) is 0 Å². The van der Waals surface area contributed by atoms with Crippen molar-refractivity contribution in [3.8, 4) is 66.8 Å². The zero-order valence-corrected chi connectivity index (χ0v) is 35.1. The summed E-state index contributed by atoms with van der Waals surface area (Å²) in [5, 5.41) is 1.15. The Bertz CT molecular complexity index is 3610. The quantitative estimate of drug-likeness (QED) is 0.163. The Kier molecular flexibility index (Phi) is 6.73. The van der Waals surface area contributed by atoms with Crippen LogP contribution in [0.2, 0.25) is 0 Å². The Balaban J connectivity index is 0.883. The van der Waals surface area contributed by atoms with E-state index in [1.807, 2.05) is 24.3 Å². The molecule has 0 aliphatic heterocycles. The highest BCUT2D eigenvalue weighted by Crippen LogP contribution is 2.64. The maximum Gasteiger partial charge on any atom is 0.200 e. The molecule has 0 atom stereocenters. The van der Waals surface area contributed by atoms with Crippen molar-refractivity contribution in [1.29, 1.82) is 0 Å². The van der Waals surface area contributed by atoms with Crippen LogP contribution in [0.25, 0.3) is 88.7 Å². The first-order chi connectivity index (χ1) is 32.1. The van der Waals surface area contributed by atoms with Crippen molar-refractivity contribution < 1.29 is 4.42 Å². The van der Waals surface area contributed by atoms with Crippen LogP contribution in [-0.2, 0) is 10.8 Å². The molecule has 2 nitrogen and oxygen atoms in total. The van der Waals surface area contributed by atoms with Crippen molar-refractivity contribution in [2.75, 3.05) is 0 Å². The van der Waals surface area contributed by atoms with E-state index in [2.05, 4.69) is 194 Å². The van der Waals surface area contributed by atoms with Crippen molar-refractivity contribution in [3.63, 3.8) is 0 Å². The number of hydrogen-bond acceptors (Lipinski definition) is 2. The molecule has 4 aliphatic rings. The van der Waals surface area contributed by atoms with Crippen LogP contribution >= 0.6 is 0 Å². The Morgan fingerprint density at radius 3 is 0.846 bits per heavy atom. The molecule has 300 valence electrons. The lowest BCUT2D eigenvalue weighted by molar-refractivity contribution is 0.660. The van der Waals surface area contributed by atoms with Crippen LogP contribution in [0.4, 0.5) is 0 Å². The molecule has 0 saturated carbocycles. The highest BCUT2D eigenvalue weighted by molar-refractivity contribution is 5.99. The molecule has 0 N–H and O–H groups in total. The van der Waals surface area contributed by atoms with Gasteiger partial charge in [0.15, 0.2) is 0 Å². The highest BCUT2D eigenvalue weighted by atomic mass is 16.3. The standard InChI is InChI=1S/C63H36O2/c64-61-49-33-37(39-25-29-47-45-17-5-11-23-55(45)62(57(47)35-39)51-19-7-1-13-41(51)42-14-2-8-20-52(42)62)27-31-59(49)65-60-32-28-38(34-50(60)61)40-26-30-48-46-18-6-12-24-56(46)63(58(48)36-40)53-21-9-3-15-43(53)44-16-4-10-22-54(44)63/h1-36H. The molecule has 15 rings (SSSR count). The summed E-state index contributed by atoms with van der Waals surface area (Å²) in [6, 6.07) is 79.2. The van der Waals surface area contributed by atoms with Gasteiger partial charge in [0.25, 0.3) is 0 Å². The van der Waals surface area contributed by atoms with E-state index in [0.717, 1.165) is 22.3 Å². The van der Waals surface area contributed by atoms with Gasteiger partial charge in [-0.05, 0) is 148 Å². The van der Waals surface area contributed by atoms with Crippen molar-refractivity contribution in [2.24, 2.45) is 0 Å². The van der Waals surface area contributed by atoms with Crippen molar-refractivity contribution >= 4 is 21.9 Å². The topological polar surface area (TPSA) is 30.2 Å². The maximum atomic E-state index is 14.8. The minimum Gasteiger partial charge on any atom is -0.456 e. The molecule has 0 amide bonds. The molecule has 11 aromatic rings. The van der Waals surface area contributed by atoms with Gasteiger partial charge in [-0.3, -0.25) is 4.79 Å². The van der Waals surface area contributed by atoms with Gasteiger partial charge in [0, 0.05) is 0 Å². The van der Waals surface area contributed by atoms with E-state index in [0.29, 0.717) is 21.9 Å². The predicted molar refractivity (Wildman–Crippen MR) is 263 cm³/mol. The third-order valence-corrected chi connectivity index (χ3v) is 15.3. The van der Waals surface area contributed by atoms with Crippen LogP contribution < -0.4 is 5.43 Å². The van der Waals surface area contributed by atoms with Crippen LogP contribution in [0.5, 0.6) is 0 Å². The second kappa shape index (κ2) is 12.4. The first-order valence-electron chi connectivity index (χ1n) is 22.5. The second-order valence-electron chi connectivity index (χ2n) is 18.1. The zero-order chi connectivity index (χ0) is 42.6. The van der Waals surface area contributed by atoms with E-state index >= 15 is 0 Å². The summed E-state index contributed by atoms with van der Waals surface area (Å²) >= 11 is 0. The molecular formula is C63H36O2. The predicted octanol–water partition coefficient (Wildman–Crippen LogP) is 15.0. The fraction of sp³-hybridized carbons (Fsp3) is 0.0317. The average Bonchev–Trinajstić information content (AvgIpc) is 4.05. The average molecular weight is 825 g/mol. The fourth-order valence-corrected chi connectivity index (χ4v) is 12.8. The minimum absolute atomic E-state index is 0.0303. The molecule has 4 aliphatic carbocycles. The van der Waals surface area contributed by atoms with Crippen molar-refractivity contribution in [3.05, 3.63) is 273 Å². The third kappa shape index (κ3) is 4.28. The van der Waals surface area contributed by atoms with Gasteiger partial charge in [0.05, 0.1) is 21.6 Å². The summed E-state index contributed by atoms with van der Waals surface area (Å²) in [7, 11) is 0. The normalized spacial score (nSPS) is 14.5. The molecule has 10 aromatic carbocycles. The monoisotopic (exact) mass is 824 g/mol. The Labute approximate surface area is 375 Å². The minimum atomic E-state index is -0.442. The third-order valence-electron chi connectivity index (χ3n) is 15.3. The van der Waals surface area contributed by atoms with E-state index < -0.39 is 10.8 Å². The van der Waals surface area contributed by atoms with Gasteiger partial charge in [0.2, 0.25) is 5.43 Å². The lowest BCUT2D eigenvalue weighted by Gasteiger charge is -2.30. The van der Waals surface area contributed by atoms with E-state index in [-0.39, 0.29) is 5.43 Å². The van der Waals surface area contributed by atoms with Crippen LogP contribution in [0.1, 0.15) is 44.5 Å². The van der Waals surface area contributed by atoms with E-state index in [1.54, 1.807) is 0 Å². The van der Waals surface area contributed by atoms with Gasteiger partial charge >= 0.3 is 0 Å². The molecule has 2 heteroatoms. The molecule has 0 bridgehead atoms. The Morgan fingerprint density at radius 1 is 0.262 bits per heavy atom. The van der Waals surface area contributed by atoms with Gasteiger partial charge in [0.1, 0.15) is 11.2 Å². The molecular weight excluding hydrogens is 789 g/mol. The van der Waals surface area contributed by atoms with Crippen molar-refractivity contribution in [2.45, 2.75) is 10.8 Å². The number of rotatable bonds is 2. The molecule has 1 heterocycles. The molecule has 2 spiro atoms. The van der Waals surface area contributed by atoms with Gasteiger partial charge in [-0.15, -0.1) is 0 Å². The number of fused-ring (bicyclic) bond motifs is 22. The van der Waals surface area contributed by atoms with Crippen molar-refractivity contribution in [1.82, 2.24) is 0 Å². The summed E-state index contributed by atoms with van der Waals surface area (Å²) < 4.78 is 6.55. The number of hydrogen-bond donors (Lipinski definition) is 0. The summed E-state index contributed by atoms with van der Waals surface area (Å²) in [4.78, 5) is 14.8. The van der Waals surface area contributed by atoms with Crippen LogP contribution in [0.15, 0.2) is 228 Å². The summed E-state index contributed by atoms with van der Waals surface area (Å²) in [6.07, 6.45) is 0. The lowest BCUT2D eigenvalue weighted by Crippen LogP contribution is -2.25. The zero-order valence-electron chi connectivity index (χ0n) is 35.1. The number of benzene rings is 10.